The van der Waals surface area contributed by atoms with Crippen molar-refractivity contribution in [1.82, 2.24) is 4.90 Å². The van der Waals surface area contributed by atoms with E-state index in [1.807, 2.05) is 0 Å². The van der Waals surface area contributed by atoms with Crippen LogP contribution in [0.1, 0.15) is 27.2 Å². The minimum atomic E-state index is -4.19. The number of nitrogens with zero attached hydrogens (tertiary/aromatic N) is 1. The monoisotopic (exact) mass is 242 g/mol. The summed E-state index contributed by atoms with van der Waals surface area (Å²) in [6, 6.07) is -0.472. The van der Waals surface area contributed by atoms with Crippen LogP contribution in [0.2, 0.25) is 0 Å². The van der Waals surface area contributed by atoms with Gasteiger partial charge in [0.2, 0.25) is 0 Å². The Labute approximate surface area is 93.6 Å². The standard InChI is InChI=1S/C9H17F3N2S/c1-6(2)14(5-9(10,11)12)7(3)4-8(13)15/h6-7H,4-5H2,1-3H3,(H2,13,15). The zero-order valence-corrected chi connectivity index (χ0v) is 9.95. The number of rotatable bonds is 5. The van der Waals surface area contributed by atoms with Crippen molar-refractivity contribution in [2.24, 2.45) is 5.73 Å². The van der Waals surface area contributed by atoms with Gasteiger partial charge in [-0.1, -0.05) is 12.2 Å². The molecule has 0 spiro atoms. The van der Waals surface area contributed by atoms with Gasteiger partial charge in [0.1, 0.15) is 0 Å². The Morgan fingerprint density at radius 3 is 2.07 bits per heavy atom. The molecule has 0 aromatic carbocycles. The molecule has 0 fully saturated rings. The predicted molar refractivity (Wildman–Crippen MR) is 58.8 cm³/mol. The molecule has 0 aromatic rings. The molecule has 6 heteroatoms. The Balaban J connectivity index is 4.45. The van der Waals surface area contributed by atoms with E-state index in [9.17, 15) is 13.2 Å². The van der Waals surface area contributed by atoms with E-state index in [4.69, 9.17) is 5.73 Å². The van der Waals surface area contributed by atoms with Gasteiger partial charge in [-0.25, -0.2) is 0 Å². The summed E-state index contributed by atoms with van der Waals surface area (Å²) in [6.45, 7) is 4.23. The summed E-state index contributed by atoms with van der Waals surface area (Å²) in [6.07, 6.45) is -3.88. The number of hydrogen-bond acceptors (Lipinski definition) is 2. The zero-order valence-electron chi connectivity index (χ0n) is 9.14. The van der Waals surface area contributed by atoms with Crippen molar-refractivity contribution in [3.63, 3.8) is 0 Å². The second-order valence-electron chi connectivity index (χ2n) is 3.90. The van der Waals surface area contributed by atoms with Crippen molar-refractivity contribution in [1.29, 1.82) is 0 Å². The van der Waals surface area contributed by atoms with Gasteiger partial charge in [0.05, 0.1) is 11.5 Å². The highest BCUT2D eigenvalue weighted by molar-refractivity contribution is 7.80. The van der Waals surface area contributed by atoms with E-state index in [1.54, 1.807) is 20.8 Å². The summed E-state index contributed by atoms with van der Waals surface area (Å²) in [5.74, 6) is 0. The lowest BCUT2D eigenvalue weighted by Crippen LogP contribution is -2.45. The minimum absolute atomic E-state index is 0.184. The highest BCUT2D eigenvalue weighted by Crippen LogP contribution is 2.20. The van der Waals surface area contributed by atoms with Crippen LogP contribution in [-0.4, -0.2) is 34.7 Å². The molecule has 0 aliphatic rings. The molecule has 2 nitrogen and oxygen atoms in total. The maximum absolute atomic E-state index is 12.3. The number of hydrogen-bond donors (Lipinski definition) is 1. The highest BCUT2D eigenvalue weighted by atomic mass is 32.1. The fourth-order valence-electron chi connectivity index (χ4n) is 1.46. The SMILES string of the molecule is CC(C)N(CC(F)(F)F)C(C)CC(N)=S. The van der Waals surface area contributed by atoms with Crippen LogP contribution in [-0.2, 0) is 0 Å². The van der Waals surface area contributed by atoms with Crippen LogP contribution in [0.15, 0.2) is 0 Å². The fraction of sp³-hybridized carbons (Fsp3) is 0.889. The molecule has 2 N–H and O–H groups in total. The molecule has 1 unspecified atom stereocenters. The Morgan fingerprint density at radius 1 is 1.33 bits per heavy atom. The normalized spacial score (nSPS) is 14.7. The molecule has 0 saturated carbocycles. The summed E-state index contributed by atoms with van der Waals surface area (Å²) >= 11 is 4.69. The lowest BCUT2D eigenvalue weighted by atomic mass is 10.1. The van der Waals surface area contributed by atoms with Crippen molar-refractivity contribution >= 4 is 17.2 Å². The number of alkyl halides is 3. The van der Waals surface area contributed by atoms with E-state index >= 15 is 0 Å². The van der Waals surface area contributed by atoms with Crippen LogP contribution in [0.4, 0.5) is 13.2 Å². The zero-order chi connectivity index (χ0) is 12.2. The summed E-state index contributed by atoms with van der Waals surface area (Å²) in [4.78, 5) is 1.59. The smallest absolute Gasteiger partial charge is 0.393 e. The first-order chi connectivity index (χ1) is 6.63. The van der Waals surface area contributed by atoms with E-state index in [1.165, 1.54) is 4.90 Å². The molecular formula is C9H17F3N2S. The third-order valence-corrected chi connectivity index (χ3v) is 2.25. The lowest BCUT2D eigenvalue weighted by molar-refractivity contribution is -0.154. The van der Waals surface area contributed by atoms with Gasteiger partial charge >= 0.3 is 6.18 Å². The first kappa shape index (κ1) is 14.6. The van der Waals surface area contributed by atoms with Crippen molar-refractivity contribution < 1.29 is 13.2 Å². The Hall–Kier alpha value is -0.360. The van der Waals surface area contributed by atoms with E-state index in [2.05, 4.69) is 12.2 Å². The van der Waals surface area contributed by atoms with E-state index in [-0.39, 0.29) is 17.1 Å². The molecule has 0 aliphatic carbocycles. The second kappa shape index (κ2) is 5.65. The first-order valence-corrected chi connectivity index (χ1v) is 5.15. The number of halogens is 3. The van der Waals surface area contributed by atoms with Crippen molar-refractivity contribution in [3.05, 3.63) is 0 Å². The average Bonchev–Trinajstić information content (AvgIpc) is 1.96. The largest absolute Gasteiger partial charge is 0.401 e. The van der Waals surface area contributed by atoms with Gasteiger partial charge in [-0.2, -0.15) is 13.2 Å². The maximum atomic E-state index is 12.3. The Bertz CT molecular complexity index is 216. The third-order valence-electron chi connectivity index (χ3n) is 2.09. The van der Waals surface area contributed by atoms with Crippen LogP contribution >= 0.6 is 12.2 Å². The molecule has 90 valence electrons. The Morgan fingerprint density at radius 2 is 1.80 bits per heavy atom. The molecule has 0 aromatic heterocycles. The van der Waals surface area contributed by atoms with Crippen LogP contribution in [0.3, 0.4) is 0 Å². The van der Waals surface area contributed by atoms with Gasteiger partial charge in [-0.05, 0) is 20.8 Å². The van der Waals surface area contributed by atoms with Crippen molar-refractivity contribution in [2.45, 2.75) is 45.5 Å². The molecule has 1 atom stereocenters. The van der Waals surface area contributed by atoms with Crippen LogP contribution in [0, 0.1) is 0 Å². The molecule has 0 heterocycles. The number of nitrogens with two attached hydrogens (primary N) is 1. The molecule has 0 bridgehead atoms. The van der Waals surface area contributed by atoms with Crippen LogP contribution < -0.4 is 5.73 Å². The maximum Gasteiger partial charge on any atom is 0.401 e. The summed E-state index contributed by atoms with van der Waals surface area (Å²) in [5.41, 5.74) is 5.32. The molecule has 0 radical (unpaired) electrons. The van der Waals surface area contributed by atoms with Crippen LogP contribution in [0.5, 0.6) is 0 Å². The summed E-state index contributed by atoms with van der Waals surface area (Å²) < 4.78 is 36.8. The molecule has 0 amide bonds. The second-order valence-corrected chi connectivity index (χ2v) is 4.43. The van der Waals surface area contributed by atoms with Gasteiger partial charge in [0.15, 0.2) is 0 Å². The van der Waals surface area contributed by atoms with Gasteiger partial charge in [-0.15, -0.1) is 0 Å². The van der Waals surface area contributed by atoms with E-state index in [0.29, 0.717) is 6.42 Å². The predicted octanol–water partition coefficient (Wildman–Crippen LogP) is 2.32. The van der Waals surface area contributed by atoms with Crippen molar-refractivity contribution in [3.8, 4) is 0 Å². The van der Waals surface area contributed by atoms with Gasteiger partial charge in [0, 0.05) is 18.5 Å². The molecule has 0 aliphatic heterocycles. The third kappa shape index (κ3) is 6.67. The molecule has 0 saturated heterocycles. The van der Waals surface area contributed by atoms with Gasteiger partial charge in [0.25, 0.3) is 0 Å². The van der Waals surface area contributed by atoms with Crippen LogP contribution in [0.25, 0.3) is 0 Å². The highest BCUT2D eigenvalue weighted by Gasteiger charge is 2.33. The average molecular weight is 242 g/mol. The van der Waals surface area contributed by atoms with Gasteiger partial charge < -0.3 is 5.73 Å². The quantitative estimate of drug-likeness (QED) is 0.750. The molecular weight excluding hydrogens is 225 g/mol. The van der Waals surface area contributed by atoms with E-state index < -0.39 is 12.7 Å². The molecule has 15 heavy (non-hydrogen) atoms. The topological polar surface area (TPSA) is 29.3 Å². The lowest BCUT2D eigenvalue weighted by Gasteiger charge is -2.33. The Kier molecular flexibility index (Phi) is 5.51. The fourth-order valence-corrected chi connectivity index (χ4v) is 1.70. The van der Waals surface area contributed by atoms with Crippen molar-refractivity contribution in [2.75, 3.05) is 6.54 Å². The van der Waals surface area contributed by atoms with Gasteiger partial charge in [-0.3, -0.25) is 4.90 Å². The summed E-state index contributed by atoms with van der Waals surface area (Å²) in [5, 5.41) is 0. The minimum Gasteiger partial charge on any atom is -0.393 e. The first-order valence-electron chi connectivity index (χ1n) is 4.74. The number of thiocarbonyl (C=S) groups is 1. The molecule has 0 rings (SSSR count). The summed E-state index contributed by atoms with van der Waals surface area (Å²) in [7, 11) is 0. The van der Waals surface area contributed by atoms with E-state index in [0.717, 1.165) is 0 Å².